The molecule has 0 heterocycles. The van der Waals surface area contributed by atoms with Crippen LogP contribution < -0.4 is 0 Å². The molecule has 0 radical (unpaired) electrons. The maximum absolute atomic E-state index is 3.44. The molecule has 0 N–H and O–H groups in total. The number of hydrogen-bond donors (Lipinski definition) is 0. The second-order valence-corrected chi connectivity index (χ2v) is 3.87. The standard InChI is InChI=1S/C5H10.C3H6S.C2H6/c1-5(2)3-4-5;1-3-4-2;1-2/h3-4H2,1-2H3;3H,1H2,2H3;1-2H3. The van der Waals surface area contributed by atoms with Crippen molar-refractivity contribution in [3.05, 3.63) is 12.0 Å². The molecule has 0 aromatic heterocycles. The van der Waals surface area contributed by atoms with Crippen molar-refractivity contribution >= 4 is 11.8 Å². The van der Waals surface area contributed by atoms with Crippen LogP contribution in [0.15, 0.2) is 12.0 Å². The predicted molar refractivity (Wildman–Crippen MR) is 58.1 cm³/mol. The Balaban J connectivity index is 0. The van der Waals surface area contributed by atoms with Crippen molar-refractivity contribution in [2.45, 2.75) is 40.5 Å². The third-order valence-corrected chi connectivity index (χ3v) is 1.75. The minimum atomic E-state index is 0.750. The normalized spacial score (nSPS) is 16.5. The topological polar surface area (TPSA) is 0 Å². The molecule has 0 amide bonds. The summed E-state index contributed by atoms with van der Waals surface area (Å²) in [5, 5.41) is 1.79. The molecule has 0 bridgehead atoms. The number of thioether (sulfide) groups is 1. The van der Waals surface area contributed by atoms with Crippen molar-refractivity contribution in [1.82, 2.24) is 0 Å². The highest BCUT2D eigenvalue weighted by molar-refractivity contribution is 8.01. The van der Waals surface area contributed by atoms with Crippen molar-refractivity contribution in [3.63, 3.8) is 0 Å². The van der Waals surface area contributed by atoms with Crippen LogP contribution in [0.5, 0.6) is 0 Å². The first-order valence-electron chi connectivity index (χ1n) is 4.26. The fourth-order valence-corrected chi connectivity index (χ4v) is 0.250. The number of rotatable bonds is 1. The van der Waals surface area contributed by atoms with E-state index >= 15 is 0 Å². The van der Waals surface area contributed by atoms with Crippen LogP contribution in [0.4, 0.5) is 0 Å². The predicted octanol–water partition coefficient (Wildman–Crippen LogP) is 4.33. The zero-order valence-electron chi connectivity index (χ0n) is 8.61. The summed E-state index contributed by atoms with van der Waals surface area (Å²) in [6.45, 7) is 12.0. The molecule has 0 spiro atoms. The van der Waals surface area contributed by atoms with Crippen LogP contribution in [0.3, 0.4) is 0 Å². The second kappa shape index (κ2) is 8.19. The lowest BCUT2D eigenvalue weighted by Crippen LogP contribution is -1.75. The van der Waals surface area contributed by atoms with Crippen LogP contribution in [-0.2, 0) is 0 Å². The number of hydrogen-bond acceptors (Lipinski definition) is 1. The molecule has 1 aliphatic rings. The lowest BCUT2D eigenvalue weighted by molar-refractivity contribution is 0.653. The van der Waals surface area contributed by atoms with Gasteiger partial charge in [-0.05, 0) is 29.9 Å². The second-order valence-electron chi connectivity index (χ2n) is 3.07. The molecule has 0 aromatic carbocycles. The lowest BCUT2D eigenvalue weighted by Gasteiger charge is -1.86. The van der Waals surface area contributed by atoms with Gasteiger partial charge in [0.2, 0.25) is 0 Å². The van der Waals surface area contributed by atoms with E-state index in [9.17, 15) is 0 Å². The molecule has 0 aliphatic heterocycles. The molecule has 0 nitrogen and oxygen atoms in total. The highest BCUT2D eigenvalue weighted by Crippen LogP contribution is 2.43. The zero-order chi connectivity index (χ0) is 9.33. The van der Waals surface area contributed by atoms with E-state index in [4.69, 9.17) is 0 Å². The molecule has 1 aliphatic carbocycles. The summed E-state index contributed by atoms with van der Waals surface area (Å²) < 4.78 is 0. The minimum absolute atomic E-state index is 0.750. The SMILES string of the molecule is C=CSC.CC.CC1(C)CC1. The molecule has 0 unspecified atom stereocenters. The van der Waals surface area contributed by atoms with Crippen LogP contribution in [0.1, 0.15) is 40.5 Å². The molecular formula is C10H22S. The van der Waals surface area contributed by atoms with Gasteiger partial charge < -0.3 is 0 Å². The first kappa shape index (κ1) is 13.7. The molecule has 0 aromatic rings. The molecule has 1 saturated carbocycles. The van der Waals surface area contributed by atoms with Gasteiger partial charge in [0.25, 0.3) is 0 Å². The van der Waals surface area contributed by atoms with E-state index in [0.29, 0.717) is 0 Å². The summed E-state index contributed by atoms with van der Waals surface area (Å²) >= 11 is 1.62. The van der Waals surface area contributed by atoms with Gasteiger partial charge in [-0.25, -0.2) is 0 Å². The van der Waals surface area contributed by atoms with Gasteiger partial charge in [0, 0.05) is 0 Å². The maximum Gasteiger partial charge on any atom is -0.0142 e. The fraction of sp³-hybridized carbons (Fsp3) is 0.800. The minimum Gasteiger partial charge on any atom is -0.138 e. The average molecular weight is 174 g/mol. The molecule has 0 saturated heterocycles. The van der Waals surface area contributed by atoms with E-state index in [1.165, 1.54) is 12.8 Å². The molecule has 1 fully saturated rings. The van der Waals surface area contributed by atoms with Gasteiger partial charge in [0.15, 0.2) is 0 Å². The smallest absolute Gasteiger partial charge is 0.0142 e. The van der Waals surface area contributed by atoms with Crippen LogP contribution in [-0.4, -0.2) is 6.26 Å². The third-order valence-electron chi connectivity index (χ3n) is 1.42. The van der Waals surface area contributed by atoms with Crippen molar-refractivity contribution in [2.24, 2.45) is 5.41 Å². The van der Waals surface area contributed by atoms with Crippen LogP contribution in [0, 0.1) is 5.41 Å². The van der Waals surface area contributed by atoms with Gasteiger partial charge in [-0.2, -0.15) is 0 Å². The van der Waals surface area contributed by atoms with Gasteiger partial charge >= 0.3 is 0 Å². The first-order valence-corrected chi connectivity index (χ1v) is 5.55. The van der Waals surface area contributed by atoms with E-state index in [2.05, 4.69) is 20.4 Å². The monoisotopic (exact) mass is 174 g/mol. The van der Waals surface area contributed by atoms with E-state index in [1.807, 2.05) is 20.1 Å². The molecule has 11 heavy (non-hydrogen) atoms. The van der Waals surface area contributed by atoms with E-state index in [1.54, 1.807) is 17.2 Å². The van der Waals surface area contributed by atoms with E-state index in [-0.39, 0.29) is 0 Å². The van der Waals surface area contributed by atoms with Crippen LogP contribution in [0.25, 0.3) is 0 Å². The Bertz CT molecular complexity index is 78.9. The Kier molecular flexibility index (Phi) is 10.2. The van der Waals surface area contributed by atoms with Crippen molar-refractivity contribution in [1.29, 1.82) is 0 Å². The summed E-state index contributed by atoms with van der Waals surface area (Å²) in [6, 6.07) is 0. The largest absolute Gasteiger partial charge is 0.138 e. The Labute approximate surface area is 76.5 Å². The Morgan fingerprint density at radius 3 is 1.45 bits per heavy atom. The average Bonchev–Trinajstić information content (AvgIpc) is 2.71. The fourth-order valence-electron chi connectivity index (χ4n) is 0.250. The quantitative estimate of drug-likeness (QED) is 0.570. The summed E-state index contributed by atoms with van der Waals surface area (Å²) in [6.07, 6.45) is 4.88. The first-order chi connectivity index (χ1) is 5.12. The van der Waals surface area contributed by atoms with E-state index in [0.717, 1.165) is 5.41 Å². The Morgan fingerprint density at radius 2 is 1.45 bits per heavy atom. The molecule has 1 heteroatoms. The van der Waals surface area contributed by atoms with Gasteiger partial charge in [0.1, 0.15) is 0 Å². The van der Waals surface area contributed by atoms with Crippen molar-refractivity contribution < 1.29 is 0 Å². The van der Waals surface area contributed by atoms with Gasteiger partial charge in [-0.3, -0.25) is 0 Å². The van der Waals surface area contributed by atoms with Crippen LogP contribution >= 0.6 is 11.8 Å². The van der Waals surface area contributed by atoms with Gasteiger partial charge in [-0.1, -0.05) is 34.3 Å². The lowest BCUT2D eigenvalue weighted by atomic mass is 10.2. The zero-order valence-corrected chi connectivity index (χ0v) is 9.42. The maximum atomic E-state index is 3.44. The van der Waals surface area contributed by atoms with Crippen molar-refractivity contribution in [2.75, 3.05) is 6.26 Å². The summed E-state index contributed by atoms with van der Waals surface area (Å²) in [5.74, 6) is 0. The van der Waals surface area contributed by atoms with Crippen molar-refractivity contribution in [3.8, 4) is 0 Å². The van der Waals surface area contributed by atoms with Gasteiger partial charge in [-0.15, -0.1) is 11.8 Å². The summed E-state index contributed by atoms with van der Waals surface area (Å²) in [4.78, 5) is 0. The Morgan fingerprint density at radius 1 is 1.27 bits per heavy atom. The summed E-state index contributed by atoms with van der Waals surface area (Å²) in [7, 11) is 0. The molecular weight excluding hydrogens is 152 g/mol. The van der Waals surface area contributed by atoms with Crippen LogP contribution in [0.2, 0.25) is 0 Å². The highest BCUT2D eigenvalue weighted by Gasteiger charge is 2.30. The molecule has 68 valence electrons. The molecule has 1 rings (SSSR count). The Hall–Kier alpha value is 0.0900. The van der Waals surface area contributed by atoms with Gasteiger partial charge in [0.05, 0.1) is 0 Å². The van der Waals surface area contributed by atoms with E-state index < -0.39 is 0 Å². The third kappa shape index (κ3) is 17.8. The highest BCUT2D eigenvalue weighted by atomic mass is 32.2. The summed E-state index contributed by atoms with van der Waals surface area (Å²) in [5.41, 5.74) is 0.750. The molecule has 0 atom stereocenters.